The highest BCUT2D eigenvalue weighted by Gasteiger charge is 2.36. The zero-order chi connectivity index (χ0) is 13.2. The van der Waals surface area contributed by atoms with Crippen molar-refractivity contribution in [1.29, 1.82) is 0 Å². The number of rotatable bonds is 3. The summed E-state index contributed by atoms with van der Waals surface area (Å²) in [4.78, 5) is 11.4. The van der Waals surface area contributed by atoms with Crippen LogP contribution in [0.2, 0.25) is 5.02 Å². The van der Waals surface area contributed by atoms with Crippen LogP contribution >= 0.6 is 27.5 Å². The lowest BCUT2D eigenvalue weighted by Gasteiger charge is -2.14. The Hall–Kier alpha value is -0.750. The molecule has 0 aliphatic heterocycles. The van der Waals surface area contributed by atoms with Crippen LogP contribution in [-0.2, 0) is 6.18 Å². The average Bonchev–Trinajstić information content (AvgIpc) is 2.26. The van der Waals surface area contributed by atoms with E-state index >= 15 is 0 Å². The van der Waals surface area contributed by atoms with Crippen molar-refractivity contribution in [2.75, 3.05) is 12.4 Å². The zero-order valence-corrected chi connectivity index (χ0v) is 10.9. The quantitative estimate of drug-likeness (QED) is 0.619. The highest BCUT2D eigenvalue weighted by atomic mass is 79.9. The Bertz CT molecular complexity index is 446. The molecule has 0 amide bonds. The first kappa shape index (κ1) is 14.3. The summed E-state index contributed by atoms with van der Waals surface area (Å²) in [6.45, 7) is 0. The number of carbonyl (C=O) groups is 1. The number of hydrogen-bond donors (Lipinski definition) is 0. The fraction of sp³-hybridized carbons (Fsp3) is 0.300. The van der Waals surface area contributed by atoms with Gasteiger partial charge in [-0.05, 0) is 12.1 Å². The third-order valence-electron chi connectivity index (χ3n) is 2.02. The van der Waals surface area contributed by atoms with E-state index in [1.165, 1.54) is 7.11 Å². The highest BCUT2D eigenvalue weighted by Crippen LogP contribution is 2.38. The predicted molar refractivity (Wildman–Crippen MR) is 61.1 cm³/mol. The van der Waals surface area contributed by atoms with Gasteiger partial charge in [0.15, 0.2) is 5.78 Å². The monoisotopic (exact) mass is 330 g/mol. The third-order valence-corrected chi connectivity index (χ3v) is 2.82. The largest absolute Gasteiger partial charge is 0.495 e. The minimum absolute atomic E-state index is 0.0315. The van der Waals surface area contributed by atoms with Crippen molar-refractivity contribution >= 4 is 33.3 Å². The van der Waals surface area contributed by atoms with Gasteiger partial charge in [-0.25, -0.2) is 0 Å². The summed E-state index contributed by atoms with van der Waals surface area (Å²) in [5, 5.41) is -0.396. The third kappa shape index (κ3) is 3.13. The minimum Gasteiger partial charge on any atom is -0.495 e. The molecule has 0 aliphatic rings. The molecular formula is C10H7BrClF3O2. The van der Waals surface area contributed by atoms with Gasteiger partial charge >= 0.3 is 6.18 Å². The Balaban J connectivity index is 3.47. The van der Waals surface area contributed by atoms with Crippen molar-refractivity contribution in [2.45, 2.75) is 6.18 Å². The van der Waals surface area contributed by atoms with Crippen molar-refractivity contribution < 1.29 is 22.7 Å². The number of ketones is 1. The Morgan fingerprint density at radius 2 is 2.06 bits per heavy atom. The summed E-state index contributed by atoms with van der Waals surface area (Å²) >= 11 is 8.43. The minimum atomic E-state index is -4.64. The molecule has 1 aromatic carbocycles. The molecule has 17 heavy (non-hydrogen) atoms. The van der Waals surface area contributed by atoms with E-state index < -0.39 is 23.1 Å². The second kappa shape index (κ2) is 5.27. The van der Waals surface area contributed by atoms with Crippen LogP contribution in [-0.4, -0.2) is 18.2 Å². The summed E-state index contributed by atoms with van der Waals surface area (Å²) in [5.41, 5.74) is -1.52. The van der Waals surface area contributed by atoms with Gasteiger partial charge in [0, 0.05) is 5.56 Å². The standard InChI is InChI=1S/C10H7BrClF3O2/c1-17-9-2-5(8(16)4-11)6(3-7(9)12)10(13,14)15/h2-3H,4H2,1H3. The fourth-order valence-corrected chi connectivity index (χ4v) is 1.79. The molecule has 0 N–H and O–H groups in total. The van der Waals surface area contributed by atoms with E-state index in [1.54, 1.807) is 0 Å². The van der Waals surface area contributed by atoms with E-state index in [1.807, 2.05) is 0 Å². The summed E-state index contributed by atoms with van der Waals surface area (Å²) in [5.74, 6) is -0.656. The summed E-state index contributed by atoms with van der Waals surface area (Å²) in [6.07, 6.45) is -4.64. The highest BCUT2D eigenvalue weighted by molar-refractivity contribution is 9.09. The molecular weight excluding hydrogens is 324 g/mol. The second-order valence-corrected chi connectivity index (χ2v) is 4.05. The Morgan fingerprint density at radius 3 is 2.47 bits per heavy atom. The van der Waals surface area contributed by atoms with Crippen LogP contribution < -0.4 is 4.74 Å². The molecule has 7 heteroatoms. The molecule has 1 rings (SSSR count). The van der Waals surface area contributed by atoms with Crippen LogP contribution in [0.1, 0.15) is 15.9 Å². The molecule has 0 bridgehead atoms. The van der Waals surface area contributed by atoms with E-state index in [-0.39, 0.29) is 16.1 Å². The number of alkyl halides is 4. The molecule has 0 spiro atoms. The Kier molecular flexibility index (Phi) is 4.43. The molecule has 0 heterocycles. The number of halogens is 5. The maximum absolute atomic E-state index is 12.7. The van der Waals surface area contributed by atoms with Gasteiger partial charge in [-0.3, -0.25) is 4.79 Å². The zero-order valence-electron chi connectivity index (χ0n) is 8.57. The molecule has 0 unspecified atom stereocenters. The first-order valence-electron chi connectivity index (χ1n) is 4.35. The SMILES string of the molecule is COc1cc(C(=O)CBr)c(C(F)(F)F)cc1Cl. The smallest absolute Gasteiger partial charge is 0.417 e. The number of Topliss-reactive ketones (excluding diaryl/α,β-unsaturated/α-hetero) is 1. The number of benzene rings is 1. The van der Waals surface area contributed by atoms with E-state index in [0.717, 1.165) is 6.07 Å². The average molecular weight is 332 g/mol. The van der Waals surface area contributed by atoms with Gasteiger partial charge in [-0.15, -0.1) is 0 Å². The van der Waals surface area contributed by atoms with Crippen molar-refractivity contribution in [2.24, 2.45) is 0 Å². The van der Waals surface area contributed by atoms with Crippen LogP contribution in [0.25, 0.3) is 0 Å². The van der Waals surface area contributed by atoms with Gasteiger partial charge in [0.1, 0.15) is 5.75 Å². The molecule has 0 saturated heterocycles. The molecule has 0 fully saturated rings. The lowest BCUT2D eigenvalue weighted by Crippen LogP contribution is -2.14. The number of ether oxygens (including phenoxy) is 1. The number of hydrogen-bond acceptors (Lipinski definition) is 2. The normalized spacial score (nSPS) is 11.4. The lowest BCUT2D eigenvalue weighted by molar-refractivity contribution is -0.137. The van der Waals surface area contributed by atoms with Gasteiger partial charge in [-0.1, -0.05) is 27.5 Å². The molecule has 0 aliphatic carbocycles. The van der Waals surface area contributed by atoms with Crippen LogP contribution in [0, 0.1) is 0 Å². The molecule has 94 valence electrons. The van der Waals surface area contributed by atoms with Crippen molar-refractivity contribution in [1.82, 2.24) is 0 Å². The number of methoxy groups -OCH3 is 1. The van der Waals surface area contributed by atoms with Crippen LogP contribution in [0.3, 0.4) is 0 Å². The van der Waals surface area contributed by atoms with E-state index in [0.29, 0.717) is 6.07 Å². The Morgan fingerprint density at radius 1 is 1.47 bits per heavy atom. The van der Waals surface area contributed by atoms with Crippen LogP contribution in [0.4, 0.5) is 13.2 Å². The molecule has 0 radical (unpaired) electrons. The molecule has 0 saturated carbocycles. The first-order chi connectivity index (χ1) is 7.81. The lowest BCUT2D eigenvalue weighted by atomic mass is 10.0. The summed E-state index contributed by atoms with van der Waals surface area (Å²) in [7, 11) is 1.26. The first-order valence-corrected chi connectivity index (χ1v) is 5.85. The molecule has 0 aromatic heterocycles. The molecule has 0 atom stereocenters. The van der Waals surface area contributed by atoms with E-state index in [9.17, 15) is 18.0 Å². The van der Waals surface area contributed by atoms with E-state index in [4.69, 9.17) is 16.3 Å². The van der Waals surface area contributed by atoms with Gasteiger partial charge in [0.25, 0.3) is 0 Å². The van der Waals surface area contributed by atoms with Crippen molar-refractivity contribution in [3.8, 4) is 5.75 Å². The van der Waals surface area contributed by atoms with Gasteiger partial charge in [0.2, 0.25) is 0 Å². The van der Waals surface area contributed by atoms with Gasteiger partial charge < -0.3 is 4.74 Å². The predicted octanol–water partition coefficient (Wildman–Crippen LogP) is 3.95. The summed E-state index contributed by atoms with van der Waals surface area (Å²) < 4.78 is 42.9. The fourth-order valence-electron chi connectivity index (χ4n) is 1.25. The maximum atomic E-state index is 12.7. The van der Waals surface area contributed by atoms with Gasteiger partial charge in [0.05, 0.1) is 23.0 Å². The van der Waals surface area contributed by atoms with Gasteiger partial charge in [-0.2, -0.15) is 13.2 Å². The summed E-state index contributed by atoms with van der Waals surface area (Å²) in [6, 6.07) is 1.69. The van der Waals surface area contributed by atoms with Crippen LogP contribution in [0.15, 0.2) is 12.1 Å². The van der Waals surface area contributed by atoms with Crippen LogP contribution in [0.5, 0.6) is 5.75 Å². The number of carbonyl (C=O) groups excluding carboxylic acids is 1. The second-order valence-electron chi connectivity index (χ2n) is 3.09. The topological polar surface area (TPSA) is 26.3 Å². The maximum Gasteiger partial charge on any atom is 0.417 e. The van der Waals surface area contributed by atoms with E-state index in [2.05, 4.69) is 15.9 Å². The van der Waals surface area contributed by atoms with Crippen molar-refractivity contribution in [3.63, 3.8) is 0 Å². The Labute approximate surface area is 109 Å². The molecule has 2 nitrogen and oxygen atoms in total. The molecule has 1 aromatic rings. The van der Waals surface area contributed by atoms with Crippen molar-refractivity contribution in [3.05, 3.63) is 28.3 Å².